The van der Waals surface area contributed by atoms with Crippen LogP contribution in [0, 0.1) is 94.2 Å². The third kappa shape index (κ3) is 4.84. The van der Waals surface area contributed by atoms with Gasteiger partial charge in [-0.25, -0.2) is 0 Å². The molecule has 0 aromatic carbocycles. The summed E-state index contributed by atoms with van der Waals surface area (Å²) < 4.78 is 23.8. The maximum atomic E-state index is 15.2. The van der Waals surface area contributed by atoms with Crippen molar-refractivity contribution in [2.24, 2.45) is 94.2 Å². The third-order valence-electron chi connectivity index (χ3n) is 15.9. The van der Waals surface area contributed by atoms with Crippen molar-refractivity contribution < 1.29 is 42.9 Å². The van der Waals surface area contributed by atoms with Gasteiger partial charge in [0.05, 0.1) is 35.7 Å². The smallest absolute Gasteiger partial charge is 0.317 e. The largest absolute Gasteiger partial charge is 0.465 e. The molecule has 9 heteroatoms. The highest BCUT2D eigenvalue weighted by Gasteiger charge is 2.67. The fraction of sp³-hybridized carbons (Fsp3) is 0.875. The van der Waals surface area contributed by atoms with E-state index in [0.29, 0.717) is 43.1 Å². The molecule has 49 heavy (non-hydrogen) atoms. The summed E-state index contributed by atoms with van der Waals surface area (Å²) in [6.07, 6.45) is 9.47. The van der Waals surface area contributed by atoms with Gasteiger partial charge in [0.25, 0.3) is 0 Å². The van der Waals surface area contributed by atoms with Crippen LogP contribution in [0.2, 0.25) is 0 Å². The van der Waals surface area contributed by atoms with Crippen LogP contribution in [0.15, 0.2) is 0 Å². The number of fused-ring (bicyclic) bond motifs is 7. The van der Waals surface area contributed by atoms with E-state index >= 15 is 4.79 Å². The highest BCUT2D eigenvalue weighted by molar-refractivity contribution is 5.96. The summed E-state index contributed by atoms with van der Waals surface area (Å²) in [5.41, 5.74) is -1.89. The van der Waals surface area contributed by atoms with Gasteiger partial charge in [0.1, 0.15) is 11.2 Å². The second-order valence-electron chi connectivity index (χ2n) is 19.6. The zero-order chi connectivity index (χ0) is 34.4. The molecule has 268 valence electrons. The molecule has 0 aromatic heterocycles. The number of esters is 5. The lowest BCUT2D eigenvalue weighted by atomic mass is 9.48. The first-order valence-corrected chi connectivity index (χ1v) is 19.5. The van der Waals surface area contributed by atoms with Crippen molar-refractivity contribution in [3.63, 3.8) is 0 Å². The number of carbonyl (C=O) groups is 5. The topological polar surface area (TPSA) is 122 Å². The van der Waals surface area contributed by atoms with Gasteiger partial charge < -0.3 is 18.9 Å². The van der Waals surface area contributed by atoms with E-state index in [4.69, 9.17) is 18.9 Å². The van der Waals surface area contributed by atoms with Gasteiger partial charge in [-0.15, -0.1) is 0 Å². The van der Waals surface area contributed by atoms with Crippen molar-refractivity contribution in [1.82, 2.24) is 0 Å². The van der Waals surface area contributed by atoms with E-state index in [0.717, 1.165) is 57.8 Å². The Labute approximate surface area is 289 Å². The van der Waals surface area contributed by atoms with Crippen molar-refractivity contribution in [2.75, 3.05) is 6.61 Å². The average Bonchev–Trinajstić information content (AvgIpc) is 3.84. The minimum absolute atomic E-state index is 0.0203. The molecule has 10 aliphatic rings. The molecule has 10 fully saturated rings. The second kappa shape index (κ2) is 10.8. The predicted octanol–water partition coefficient (Wildman–Crippen LogP) is 5.91. The fourth-order valence-electron chi connectivity index (χ4n) is 14.7. The van der Waals surface area contributed by atoms with Crippen molar-refractivity contribution in [2.45, 2.75) is 116 Å². The van der Waals surface area contributed by atoms with Crippen LogP contribution in [0.4, 0.5) is 0 Å². The van der Waals surface area contributed by atoms with E-state index in [-0.39, 0.29) is 65.3 Å². The van der Waals surface area contributed by atoms with Gasteiger partial charge in [0.15, 0.2) is 0 Å². The van der Waals surface area contributed by atoms with Crippen molar-refractivity contribution >= 4 is 29.8 Å². The predicted molar refractivity (Wildman–Crippen MR) is 174 cm³/mol. The lowest BCUT2D eigenvalue weighted by molar-refractivity contribution is -0.221. The van der Waals surface area contributed by atoms with Crippen LogP contribution >= 0.6 is 0 Å². The van der Waals surface area contributed by atoms with Crippen LogP contribution in [0.3, 0.4) is 0 Å². The molecule has 2 saturated heterocycles. The summed E-state index contributed by atoms with van der Waals surface area (Å²) in [6, 6.07) is 0. The molecule has 0 aromatic rings. The maximum Gasteiger partial charge on any atom is 0.317 e. The quantitative estimate of drug-likeness (QED) is 0.184. The normalized spacial score (nSPS) is 50.8. The van der Waals surface area contributed by atoms with Crippen LogP contribution in [-0.4, -0.2) is 47.7 Å². The van der Waals surface area contributed by atoms with Gasteiger partial charge in [-0.1, -0.05) is 13.8 Å². The Morgan fingerprint density at radius 2 is 1.57 bits per heavy atom. The third-order valence-corrected chi connectivity index (χ3v) is 15.9. The summed E-state index contributed by atoms with van der Waals surface area (Å²) in [5, 5.41) is 0. The molecule has 2 heterocycles. The molecule has 8 bridgehead atoms. The van der Waals surface area contributed by atoms with Gasteiger partial charge in [-0.3, -0.25) is 24.0 Å². The Bertz CT molecular complexity index is 1460. The van der Waals surface area contributed by atoms with Crippen LogP contribution in [0.1, 0.15) is 105 Å². The number of hydrogen-bond donors (Lipinski definition) is 0. The first-order chi connectivity index (χ1) is 23.2. The molecule has 15 unspecified atom stereocenters. The van der Waals surface area contributed by atoms with E-state index in [9.17, 15) is 19.2 Å². The number of ether oxygens (including phenoxy) is 4. The van der Waals surface area contributed by atoms with Gasteiger partial charge in [0, 0.05) is 12.3 Å². The minimum atomic E-state index is -0.684. The van der Waals surface area contributed by atoms with Crippen molar-refractivity contribution in [1.29, 1.82) is 0 Å². The second-order valence-corrected chi connectivity index (χ2v) is 19.6. The zero-order valence-electron chi connectivity index (χ0n) is 29.8. The highest BCUT2D eigenvalue weighted by Crippen LogP contribution is 2.67. The molecule has 0 radical (unpaired) electrons. The number of rotatable bonds is 7. The van der Waals surface area contributed by atoms with Crippen LogP contribution in [-0.2, 0) is 42.9 Å². The van der Waals surface area contributed by atoms with Gasteiger partial charge in [0.2, 0.25) is 0 Å². The SMILES string of the molecule is CC1C(=O)OC(=O)C1C1C2CCC(C2)C1C(CC1C(C)C2CC1C1COC(=O)C21)C(=O)OC12CC3CC(C1)CC(C(=O)OC(C)(C)C)(C3)C2. The Morgan fingerprint density at radius 3 is 2.24 bits per heavy atom. The van der Waals surface area contributed by atoms with Gasteiger partial charge in [-0.2, -0.15) is 0 Å². The Balaban J connectivity index is 1.05. The molecule has 15 atom stereocenters. The van der Waals surface area contributed by atoms with Gasteiger partial charge in [-0.05, 0) is 144 Å². The van der Waals surface area contributed by atoms with Crippen LogP contribution in [0.5, 0.6) is 0 Å². The summed E-state index contributed by atoms with van der Waals surface area (Å²) in [6.45, 7) is 10.3. The molecule has 8 saturated carbocycles. The van der Waals surface area contributed by atoms with E-state index in [1.165, 1.54) is 0 Å². The molecule has 8 aliphatic carbocycles. The first kappa shape index (κ1) is 32.5. The average molecular weight is 679 g/mol. The summed E-state index contributed by atoms with van der Waals surface area (Å²) in [5.74, 6) is -0.244. The lowest BCUT2D eigenvalue weighted by Crippen LogP contribution is -2.61. The maximum absolute atomic E-state index is 15.2. The first-order valence-electron chi connectivity index (χ1n) is 19.5. The standard InChI is InChI=1S/C40H54O9/c1-18-24(26-11-25(18)32-28(26)16-46-35(32)43)10-27(30-22-6-7-23(9-22)31(30)29-19(2)33(41)47-36(29)44)34(42)48-40-14-20-8-21(15-40)13-39(12-20,17-40)37(45)49-38(3,4)5/h18-32H,6-17H2,1-5H3. The monoisotopic (exact) mass is 678 g/mol. The van der Waals surface area contributed by atoms with E-state index < -0.39 is 46.3 Å². The van der Waals surface area contributed by atoms with E-state index in [2.05, 4.69) is 6.92 Å². The van der Waals surface area contributed by atoms with E-state index in [1.54, 1.807) is 0 Å². The van der Waals surface area contributed by atoms with Gasteiger partial charge >= 0.3 is 29.8 Å². The Morgan fingerprint density at radius 1 is 0.857 bits per heavy atom. The van der Waals surface area contributed by atoms with Crippen molar-refractivity contribution in [3.05, 3.63) is 0 Å². The summed E-state index contributed by atoms with van der Waals surface area (Å²) in [7, 11) is 0. The minimum Gasteiger partial charge on any atom is -0.465 e. The molecule has 10 rings (SSSR count). The summed E-state index contributed by atoms with van der Waals surface area (Å²) >= 11 is 0. The molecule has 0 N–H and O–H groups in total. The molecule has 0 amide bonds. The molecule has 9 nitrogen and oxygen atoms in total. The van der Waals surface area contributed by atoms with Crippen LogP contribution < -0.4 is 0 Å². The number of cyclic esters (lactones) is 3. The molecule has 0 spiro atoms. The summed E-state index contributed by atoms with van der Waals surface area (Å²) in [4.78, 5) is 67.7. The highest BCUT2D eigenvalue weighted by atomic mass is 16.6. The molecular weight excluding hydrogens is 624 g/mol. The molecular formula is C40H54O9. The molecule has 2 aliphatic heterocycles. The number of carbonyl (C=O) groups excluding carboxylic acids is 5. The van der Waals surface area contributed by atoms with E-state index in [1.807, 2.05) is 27.7 Å². The zero-order valence-corrected chi connectivity index (χ0v) is 29.8. The number of hydrogen-bond acceptors (Lipinski definition) is 9. The lowest BCUT2D eigenvalue weighted by Gasteiger charge is -2.60. The van der Waals surface area contributed by atoms with Crippen LogP contribution in [0.25, 0.3) is 0 Å². The van der Waals surface area contributed by atoms with Crippen molar-refractivity contribution in [3.8, 4) is 0 Å². The Kier molecular flexibility index (Phi) is 7.14. The fourth-order valence-corrected chi connectivity index (χ4v) is 14.7. The Hall–Kier alpha value is -2.45.